The van der Waals surface area contributed by atoms with Crippen molar-refractivity contribution in [3.63, 3.8) is 0 Å². The Balaban J connectivity index is 1.46. The molecule has 6 heteroatoms. The van der Waals surface area contributed by atoms with Crippen molar-refractivity contribution in [3.8, 4) is 0 Å². The van der Waals surface area contributed by atoms with Gasteiger partial charge in [0.25, 0.3) is 0 Å². The maximum Gasteiger partial charge on any atom is 0.222 e. The summed E-state index contributed by atoms with van der Waals surface area (Å²) >= 11 is 0. The van der Waals surface area contributed by atoms with Crippen LogP contribution < -0.4 is 0 Å². The van der Waals surface area contributed by atoms with Crippen LogP contribution >= 0.6 is 0 Å². The standard InChI is InChI=1S/C19H32N2O3S/c22-19(20-12-5-1-2-6-13-20)10-7-15-25(23,24)21-14-11-17-8-3-4-9-18(17)16-21/h9,17H,1-8,10-16H2. The molecule has 2 fully saturated rings. The number of sulfonamides is 1. The van der Waals surface area contributed by atoms with Gasteiger partial charge in [-0.25, -0.2) is 8.42 Å². The lowest BCUT2D eigenvalue weighted by Crippen LogP contribution is -2.41. The van der Waals surface area contributed by atoms with E-state index >= 15 is 0 Å². The molecule has 0 saturated carbocycles. The van der Waals surface area contributed by atoms with E-state index in [0.29, 0.717) is 31.8 Å². The molecule has 0 aromatic carbocycles. The van der Waals surface area contributed by atoms with Crippen LogP contribution in [-0.2, 0) is 14.8 Å². The van der Waals surface area contributed by atoms with E-state index in [2.05, 4.69) is 6.08 Å². The van der Waals surface area contributed by atoms with Crippen LogP contribution in [0.1, 0.15) is 64.2 Å². The second-order valence-electron chi connectivity index (χ2n) is 7.74. The van der Waals surface area contributed by atoms with Gasteiger partial charge in [0.05, 0.1) is 5.75 Å². The van der Waals surface area contributed by atoms with Crippen molar-refractivity contribution in [1.82, 2.24) is 9.21 Å². The molecule has 0 aromatic heterocycles. The molecule has 2 aliphatic heterocycles. The van der Waals surface area contributed by atoms with E-state index in [9.17, 15) is 13.2 Å². The van der Waals surface area contributed by atoms with Gasteiger partial charge in [-0.2, -0.15) is 4.31 Å². The molecule has 3 rings (SSSR count). The van der Waals surface area contributed by atoms with Crippen molar-refractivity contribution in [2.45, 2.75) is 64.2 Å². The Morgan fingerprint density at radius 1 is 1.04 bits per heavy atom. The van der Waals surface area contributed by atoms with Gasteiger partial charge in [0.15, 0.2) is 0 Å². The molecule has 1 atom stereocenters. The van der Waals surface area contributed by atoms with Gasteiger partial charge in [-0.1, -0.05) is 24.5 Å². The Bertz CT molecular complexity index is 592. The van der Waals surface area contributed by atoms with E-state index in [1.165, 1.54) is 31.3 Å². The molecule has 0 radical (unpaired) electrons. The molecule has 3 aliphatic rings. The number of hydrogen-bond acceptors (Lipinski definition) is 3. The molecule has 1 aliphatic carbocycles. The number of carbonyl (C=O) groups is 1. The molecular formula is C19H32N2O3S. The third-order valence-electron chi connectivity index (χ3n) is 5.92. The minimum atomic E-state index is -3.25. The van der Waals surface area contributed by atoms with Gasteiger partial charge in [0, 0.05) is 32.6 Å². The Hall–Kier alpha value is -0.880. The lowest BCUT2D eigenvalue weighted by atomic mass is 9.83. The van der Waals surface area contributed by atoms with Crippen LogP contribution in [0.25, 0.3) is 0 Å². The maximum atomic E-state index is 12.6. The number of nitrogens with zero attached hydrogens (tertiary/aromatic N) is 2. The number of allylic oxidation sites excluding steroid dienone is 1. The summed E-state index contributed by atoms with van der Waals surface area (Å²) in [4.78, 5) is 14.2. The fourth-order valence-corrected chi connectivity index (χ4v) is 5.86. The predicted octanol–water partition coefficient (Wildman–Crippen LogP) is 2.93. The van der Waals surface area contributed by atoms with Crippen molar-refractivity contribution < 1.29 is 13.2 Å². The number of hydrogen-bond donors (Lipinski definition) is 0. The average Bonchev–Trinajstić information content (AvgIpc) is 2.90. The Morgan fingerprint density at radius 3 is 2.56 bits per heavy atom. The molecular weight excluding hydrogens is 336 g/mol. The van der Waals surface area contributed by atoms with E-state index in [0.717, 1.165) is 38.8 Å². The van der Waals surface area contributed by atoms with Crippen molar-refractivity contribution in [1.29, 1.82) is 0 Å². The molecule has 0 spiro atoms. The highest BCUT2D eigenvalue weighted by Crippen LogP contribution is 2.33. The highest BCUT2D eigenvalue weighted by Gasteiger charge is 2.31. The monoisotopic (exact) mass is 368 g/mol. The highest BCUT2D eigenvalue weighted by molar-refractivity contribution is 7.89. The number of likely N-dealkylation sites (tertiary alicyclic amines) is 1. The van der Waals surface area contributed by atoms with Crippen LogP contribution in [0.15, 0.2) is 11.6 Å². The minimum Gasteiger partial charge on any atom is -0.343 e. The first-order valence-corrected chi connectivity index (χ1v) is 11.6. The maximum absolute atomic E-state index is 12.6. The number of amides is 1. The van der Waals surface area contributed by atoms with Crippen molar-refractivity contribution in [3.05, 3.63) is 11.6 Å². The van der Waals surface area contributed by atoms with Gasteiger partial charge in [-0.05, 0) is 50.9 Å². The number of fused-ring (bicyclic) bond motifs is 1. The van der Waals surface area contributed by atoms with Gasteiger partial charge in [-0.15, -0.1) is 0 Å². The summed E-state index contributed by atoms with van der Waals surface area (Å²) in [5.74, 6) is 0.834. The summed E-state index contributed by atoms with van der Waals surface area (Å²) in [6, 6.07) is 0. The van der Waals surface area contributed by atoms with Crippen LogP contribution in [-0.4, -0.2) is 55.5 Å². The first kappa shape index (κ1) is 18.9. The predicted molar refractivity (Wildman–Crippen MR) is 99.7 cm³/mol. The number of piperidine rings is 1. The quantitative estimate of drug-likeness (QED) is 0.701. The molecule has 142 valence electrons. The zero-order chi connectivity index (χ0) is 17.7. The molecule has 2 saturated heterocycles. The molecule has 1 amide bonds. The largest absolute Gasteiger partial charge is 0.343 e. The smallest absolute Gasteiger partial charge is 0.222 e. The van der Waals surface area contributed by atoms with Crippen LogP contribution in [0, 0.1) is 5.92 Å². The second kappa shape index (κ2) is 8.67. The lowest BCUT2D eigenvalue weighted by molar-refractivity contribution is -0.131. The fourth-order valence-electron chi connectivity index (χ4n) is 4.36. The molecule has 0 bridgehead atoms. The molecule has 5 nitrogen and oxygen atoms in total. The molecule has 25 heavy (non-hydrogen) atoms. The van der Waals surface area contributed by atoms with E-state index in [1.807, 2.05) is 4.90 Å². The highest BCUT2D eigenvalue weighted by atomic mass is 32.2. The van der Waals surface area contributed by atoms with Crippen LogP contribution in [0.4, 0.5) is 0 Å². The molecule has 1 unspecified atom stereocenters. The first-order valence-electron chi connectivity index (χ1n) is 10.0. The first-order chi connectivity index (χ1) is 12.1. The van der Waals surface area contributed by atoms with E-state index in [4.69, 9.17) is 0 Å². The van der Waals surface area contributed by atoms with Gasteiger partial charge in [-0.3, -0.25) is 4.79 Å². The summed E-state index contributed by atoms with van der Waals surface area (Å²) in [6.45, 7) is 2.90. The Morgan fingerprint density at radius 2 is 1.80 bits per heavy atom. The van der Waals surface area contributed by atoms with E-state index in [1.54, 1.807) is 4.31 Å². The van der Waals surface area contributed by atoms with Gasteiger partial charge in [0.2, 0.25) is 15.9 Å². The molecule has 0 aromatic rings. The Kier molecular flexibility index (Phi) is 6.55. The number of rotatable bonds is 5. The third-order valence-corrected chi connectivity index (χ3v) is 7.82. The number of carbonyl (C=O) groups excluding carboxylic acids is 1. The SMILES string of the molecule is O=C(CCCS(=O)(=O)N1CCC2CCCC=C2C1)N1CCCCCC1. The summed E-state index contributed by atoms with van der Waals surface area (Å²) < 4.78 is 26.9. The molecule has 2 heterocycles. The summed E-state index contributed by atoms with van der Waals surface area (Å²) in [7, 11) is -3.25. The van der Waals surface area contributed by atoms with Gasteiger partial charge < -0.3 is 4.90 Å². The zero-order valence-corrected chi connectivity index (χ0v) is 16.1. The van der Waals surface area contributed by atoms with Crippen LogP contribution in [0.2, 0.25) is 0 Å². The zero-order valence-electron chi connectivity index (χ0n) is 15.3. The van der Waals surface area contributed by atoms with Crippen molar-refractivity contribution >= 4 is 15.9 Å². The lowest BCUT2D eigenvalue weighted by Gasteiger charge is -2.35. The normalized spacial score (nSPS) is 25.8. The summed E-state index contributed by atoms with van der Waals surface area (Å²) in [5.41, 5.74) is 1.32. The van der Waals surface area contributed by atoms with Crippen LogP contribution in [0.3, 0.4) is 0 Å². The van der Waals surface area contributed by atoms with E-state index in [-0.39, 0.29) is 11.7 Å². The minimum absolute atomic E-state index is 0.102. The molecule has 0 N–H and O–H groups in total. The third kappa shape index (κ3) is 5.07. The van der Waals surface area contributed by atoms with Crippen molar-refractivity contribution in [2.24, 2.45) is 5.92 Å². The fraction of sp³-hybridized carbons (Fsp3) is 0.842. The topological polar surface area (TPSA) is 57.7 Å². The summed E-state index contributed by atoms with van der Waals surface area (Å²) in [6.07, 6.45) is 12.1. The summed E-state index contributed by atoms with van der Waals surface area (Å²) in [5, 5.41) is 0. The van der Waals surface area contributed by atoms with E-state index < -0.39 is 10.0 Å². The van der Waals surface area contributed by atoms with Crippen molar-refractivity contribution in [2.75, 3.05) is 31.9 Å². The van der Waals surface area contributed by atoms with Gasteiger partial charge >= 0.3 is 0 Å². The average molecular weight is 369 g/mol. The van der Waals surface area contributed by atoms with Crippen LogP contribution in [0.5, 0.6) is 0 Å². The van der Waals surface area contributed by atoms with Gasteiger partial charge in [0.1, 0.15) is 0 Å². The Labute approximate surface area is 152 Å². The second-order valence-corrected chi connectivity index (χ2v) is 9.83.